The molecule has 2 heterocycles. The Hall–Kier alpha value is -3.49. The van der Waals surface area contributed by atoms with Gasteiger partial charge in [-0.1, -0.05) is 11.6 Å². The van der Waals surface area contributed by atoms with Crippen molar-refractivity contribution in [2.24, 2.45) is 0 Å². The number of hydrogen-bond acceptors (Lipinski definition) is 8. The van der Waals surface area contributed by atoms with Crippen molar-refractivity contribution < 1.29 is 42.2 Å². The summed E-state index contributed by atoms with van der Waals surface area (Å²) < 4.78 is 40.6. The third-order valence-corrected chi connectivity index (χ3v) is 6.01. The lowest BCUT2D eigenvalue weighted by atomic mass is 10.2. The van der Waals surface area contributed by atoms with E-state index in [1.165, 1.54) is 29.2 Å². The molecule has 1 aliphatic rings. The molecule has 0 radical (unpaired) electrons. The van der Waals surface area contributed by atoms with Gasteiger partial charge in [0, 0.05) is 24.8 Å². The Bertz CT molecular complexity index is 1130. The van der Waals surface area contributed by atoms with E-state index in [0.29, 0.717) is 9.21 Å². The van der Waals surface area contributed by atoms with Crippen molar-refractivity contribution in [3.05, 3.63) is 39.5 Å². The molecule has 1 saturated heterocycles. The number of nitrogens with one attached hydrogen (secondary N) is 3. The SMILES string of the molecule is COC(=O)N[C@@H](CNC(=O)c1ccc(Cl)s1)C(=O)Nc1ccc(N2CCOCC2=O)c(OC(F)F)c1. The number of morpholine rings is 1. The maximum absolute atomic E-state index is 13.0. The number of carbonyl (C=O) groups is 4. The van der Waals surface area contributed by atoms with Crippen LogP contribution in [0.3, 0.4) is 0 Å². The lowest BCUT2D eigenvalue weighted by Gasteiger charge is -2.28. The van der Waals surface area contributed by atoms with Gasteiger partial charge in [-0.2, -0.15) is 8.78 Å². The summed E-state index contributed by atoms with van der Waals surface area (Å²) in [6, 6.07) is 5.56. The molecule has 1 aromatic heterocycles. The van der Waals surface area contributed by atoms with Crippen LogP contribution in [-0.2, 0) is 19.1 Å². The van der Waals surface area contributed by atoms with Crippen molar-refractivity contribution in [3.63, 3.8) is 0 Å². The van der Waals surface area contributed by atoms with Gasteiger partial charge in [0.2, 0.25) is 5.91 Å². The van der Waals surface area contributed by atoms with Gasteiger partial charge in [0.15, 0.2) is 5.75 Å². The van der Waals surface area contributed by atoms with Crippen LogP contribution in [0.4, 0.5) is 25.0 Å². The van der Waals surface area contributed by atoms with E-state index in [1.54, 1.807) is 0 Å². The fourth-order valence-corrected chi connectivity index (χ4v) is 4.10. The first-order chi connectivity index (χ1) is 17.2. The molecule has 11 nitrogen and oxygen atoms in total. The Morgan fingerprint density at radius 2 is 2.03 bits per heavy atom. The first-order valence-electron chi connectivity index (χ1n) is 10.3. The largest absolute Gasteiger partial charge is 0.453 e. The number of halogens is 3. The van der Waals surface area contributed by atoms with Crippen LogP contribution in [0.15, 0.2) is 30.3 Å². The predicted molar refractivity (Wildman–Crippen MR) is 126 cm³/mol. The van der Waals surface area contributed by atoms with E-state index in [1.807, 2.05) is 0 Å². The van der Waals surface area contributed by atoms with Gasteiger partial charge in [0.1, 0.15) is 12.6 Å². The van der Waals surface area contributed by atoms with Gasteiger partial charge in [-0.25, -0.2) is 4.79 Å². The number of carbonyl (C=O) groups excluding carboxylic acids is 4. The van der Waals surface area contributed by atoms with Gasteiger partial charge in [-0.3, -0.25) is 14.4 Å². The van der Waals surface area contributed by atoms with Crippen LogP contribution in [0.2, 0.25) is 4.34 Å². The highest BCUT2D eigenvalue weighted by Gasteiger charge is 2.26. The van der Waals surface area contributed by atoms with Gasteiger partial charge in [0.05, 0.1) is 28.6 Å². The molecule has 1 aliphatic heterocycles. The normalized spacial score (nSPS) is 14.2. The number of amides is 4. The second-order valence-electron chi connectivity index (χ2n) is 7.15. The van der Waals surface area contributed by atoms with Crippen LogP contribution >= 0.6 is 22.9 Å². The highest BCUT2D eigenvalue weighted by atomic mass is 35.5. The monoisotopic (exact) mass is 546 g/mol. The molecule has 0 saturated carbocycles. The predicted octanol–water partition coefficient (Wildman–Crippen LogP) is 2.46. The number of hydrogen-bond donors (Lipinski definition) is 3. The maximum Gasteiger partial charge on any atom is 0.407 e. The number of ether oxygens (including phenoxy) is 3. The van der Waals surface area contributed by atoms with Crippen molar-refractivity contribution >= 4 is 58.1 Å². The molecular formula is C21H21ClF2N4O7S. The Kier molecular flexibility index (Phi) is 9.38. The number of nitrogens with zero attached hydrogens (tertiary/aromatic N) is 1. The van der Waals surface area contributed by atoms with Crippen molar-refractivity contribution in [2.75, 3.05) is 43.6 Å². The molecule has 194 valence electrons. The van der Waals surface area contributed by atoms with Crippen LogP contribution in [0.25, 0.3) is 0 Å². The van der Waals surface area contributed by atoms with Crippen LogP contribution in [0.5, 0.6) is 5.75 Å². The minimum Gasteiger partial charge on any atom is -0.453 e. The van der Waals surface area contributed by atoms with Gasteiger partial charge >= 0.3 is 12.7 Å². The van der Waals surface area contributed by atoms with E-state index in [2.05, 4.69) is 25.4 Å². The summed E-state index contributed by atoms with van der Waals surface area (Å²) in [4.78, 5) is 50.6. The lowest BCUT2D eigenvalue weighted by Crippen LogP contribution is -2.50. The van der Waals surface area contributed by atoms with Crippen molar-refractivity contribution in [1.82, 2.24) is 10.6 Å². The standard InChI is InChI=1S/C21H21ClF2N4O7S/c1-33-21(32)27-12(9-25-19(31)15-4-5-16(22)36-15)18(30)26-11-2-3-13(14(8-11)35-20(23)24)28-6-7-34-10-17(28)29/h2-5,8,12,20H,6-7,9-10H2,1H3,(H,25,31)(H,26,30)(H,27,32)/t12-/m0/s1. The quantitative estimate of drug-likeness (QED) is 0.439. The van der Waals surface area contributed by atoms with E-state index in [9.17, 15) is 28.0 Å². The van der Waals surface area contributed by atoms with Crippen molar-refractivity contribution in [3.8, 4) is 5.75 Å². The minimum atomic E-state index is -3.19. The number of thiophene rings is 1. The molecular weight excluding hydrogens is 526 g/mol. The summed E-state index contributed by atoms with van der Waals surface area (Å²) in [6.07, 6.45) is -0.938. The summed E-state index contributed by atoms with van der Waals surface area (Å²) in [5.41, 5.74) is 0.112. The molecule has 1 aromatic carbocycles. The number of rotatable bonds is 9. The average molecular weight is 547 g/mol. The zero-order chi connectivity index (χ0) is 26.2. The first kappa shape index (κ1) is 27.1. The van der Waals surface area contributed by atoms with Gasteiger partial charge < -0.3 is 35.1 Å². The van der Waals surface area contributed by atoms with Crippen molar-refractivity contribution in [2.45, 2.75) is 12.7 Å². The van der Waals surface area contributed by atoms with Gasteiger partial charge in [-0.05, 0) is 24.3 Å². The van der Waals surface area contributed by atoms with E-state index in [-0.39, 0.29) is 43.4 Å². The highest BCUT2D eigenvalue weighted by Crippen LogP contribution is 2.33. The third kappa shape index (κ3) is 7.26. The molecule has 3 rings (SSSR count). The Morgan fingerprint density at radius 3 is 2.67 bits per heavy atom. The van der Waals surface area contributed by atoms with Crippen LogP contribution < -0.4 is 25.6 Å². The summed E-state index contributed by atoms with van der Waals surface area (Å²) in [5.74, 6) is -2.10. The Morgan fingerprint density at radius 1 is 1.25 bits per heavy atom. The zero-order valence-corrected chi connectivity index (χ0v) is 20.3. The number of alkyl carbamates (subject to hydrolysis) is 1. The first-order valence-corrected chi connectivity index (χ1v) is 11.5. The number of methoxy groups -OCH3 is 1. The fraction of sp³-hybridized carbons (Fsp3) is 0.333. The molecule has 3 N–H and O–H groups in total. The number of anilines is 2. The molecule has 0 aliphatic carbocycles. The Balaban J connectivity index is 1.76. The van der Waals surface area contributed by atoms with Crippen molar-refractivity contribution in [1.29, 1.82) is 0 Å². The highest BCUT2D eigenvalue weighted by molar-refractivity contribution is 7.18. The third-order valence-electron chi connectivity index (χ3n) is 4.78. The summed E-state index contributed by atoms with van der Waals surface area (Å²) in [5, 5.41) is 7.25. The summed E-state index contributed by atoms with van der Waals surface area (Å²) >= 11 is 6.85. The zero-order valence-electron chi connectivity index (χ0n) is 18.7. The van der Waals surface area contributed by atoms with Crippen LogP contribution in [0, 0.1) is 0 Å². The van der Waals surface area contributed by atoms with Crippen LogP contribution in [-0.4, -0.2) is 69.9 Å². The summed E-state index contributed by atoms with van der Waals surface area (Å²) in [7, 11) is 1.09. The van der Waals surface area contributed by atoms with E-state index >= 15 is 0 Å². The molecule has 1 fully saturated rings. The number of benzene rings is 1. The minimum absolute atomic E-state index is 0.0353. The molecule has 0 spiro atoms. The molecule has 2 aromatic rings. The smallest absolute Gasteiger partial charge is 0.407 e. The maximum atomic E-state index is 13.0. The molecule has 1 atom stereocenters. The Labute approximate surface area is 212 Å². The van der Waals surface area contributed by atoms with E-state index in [0.717, 1.165) is 24.5 Å². The molecule has 36 heavy (non-hydrogen) atoms. The van der Waals surface area contributed by atoms with E-state index in [4.69, 9.17) is 16.3 Å². The summed E-state index contributed by atoms with van der Waals surface area (Å²) in [6.45, 7) is -3.39. The van der Waals surface area contributed by atoms with Gasteiger partial charge in [-0.15, -0.1) is 11.3 Å². The lowest BCUT2D eigenvalue weighted by molar-refractivity contribution is -0.125. The second kappa shape index (κ2) is 12.5. The topological polar surface area (TPSA) is 135 Å². The second-order valence-corrected chi connectivity index (χ2v) is 8.87. The molecule has 4 amide bonds. The molecule has 0 bridgehead atoms. The fourth-order valence-electron chi connectivity index (χ4n) is 3.14. The average Bonchev–Trinajstić information content (AvgIpc) is 3.28. The molecule has 0 unspecified atom stereocenters. The molecule has 15 heteroatoms. The number of alkyl halides is 2. The van der Waals surface area contributed by atoms with Gasteiger partial charge in [0.25, 0.3) is 11.8 Å². The van der Waals surface area contributed by atoms with Crippen LogP contribution in [0.1, 0.15) is 9.67 Å². The van der Waals surface area contributed by atoms with E-state index < -0.39 is 36.5 Å².